The monoisotopic (exact) mass is 386 g/mol. The van der Waals surface area contributed by atoms with Crippen molar-refractivity contribution in [2.75, 3.05) is 0 Å². The molecule has 0 aliphatic heterocycles. The highest BCUT2D eigenvalue weighted by atomic mass is 16.4. The lowest BCUT2D eigenvalue weighted by atomic mass is 9.83. The lowest BCUT2D eigenvalue weighted by Gasteiger charge is -2.22. The molecule has 0 aromatic rings. The van der Waals surface area contributed by atoms with Gasteiger partial charge in [0.05, 0.1) is 12.7 Å². The van der Waals surface area contributed by atoms with E-state index in [1.54, 1.807) is 0 Å². The molecule has 0 spiro atoms. The van der Waals surface area contributed by atoms with Crippen molar-refractivity contribution in [3.8, 4) is 0 Å². The molecule has 0 aromatic heterocycles. The van der Waals surface area contributed by atoms with E-state index in [1.165, 1.54) is 0 Å². The molecule has 0 atom stereocenters. The molecule has 0 aromatic carbocycles. The Balaban J connectivity index is 4.87. The maximum Gasteiger partial charge on any atom is 0.303 e. The fourth-order valence-electron chi connectivity index (χ4n) is 2.68. The Labute approximate surface area is 183 Å². The third-order valence-electron chi connectivity index (χ3n) is 3.99. The number of rotatable bonds is 17. The van der Waals surface area contributed by atoms with E-state index >= 15 is 0 Å². The van der Waals surface area contributed by atoms with E-state index in [4.69, 9.17) is 21.9 Å². The van der Waals surface area contributed by atoms with Crippen LogP contribution in [0.3, 0.4) is 0 Å². The molecule has 26 heavy (non-hydrogen) atoms. The number of aliphatic carboxylic acids is 2. The van der Waals surface area contributed by atoms with Crippen LogP contribution >= 0.6 is 0 Å². The van der Waals surface area contributed by atoms with Crippen molar-refractivity contribution in [1.82, 2.24) is 0 Å². The fourth-order valence-corrected chi connectivity index (χ4v) is 2.68. The average molecular weight is 387 g/mol. The van der Waals surface area contributed by atoms with Crippen LogP contribution in [0, 0.1) is 10.8 Å². The molecule has 2 N–H and O–H groups in total. The van der Waals surface area contributed by atoms with Crippen LogP contribution < -0.4 is 0 Å². The maximum atomic E-state index is 11.5. The van der Waals surface area contributed by atoms with Crippen molar-refractivity contribution in [1.29, 1.82) is 0 Å². The van der Waals surface area contributed by atoms with Crippen LogP contribution in [0.4, 0.5) is 0 Å². The molecule has 0 bridgehead atoms. The van der Waals surface area contributed by atoms with Gasteiger partial charge in [-0.1, -0.05) is 91.6 Å². The molecule has 0 aliphatic carbocycles. The van der Waals surface area contributed by atoms with Crippen molar-refractivity contribution in [2.24, 2.45) is 10.8 Å². The molecule has 0 saturated heterocycles. The van der Waals surface area contributed by atoms with Gasteiger partial charge in [0.2, 0.25) is 0 Å². The molecular weight excluding hydrogens is 328 g/mol. The molecule has 0 amide bonds. The normalized spacial score (nSPS) is 24.5. The highest BCUT2D eigenvalue weighted by Crippen LogP contribution is 2.29. The van der Waals surface area contributed by atoms with Crippen molar-refractivity contribution in [3.05, 3.63) is 0 Å². The van der Waals surface area contributed by atoms with Gasteiger partial charge in [0.25, 0.3) is 0 Å². The van der Waals surface area contributed by atoms with Gasteiger partial charge in [-0.2, -0.15) is 0 Å². The Morgan fingerprint density at radius 3 is 1.15 bits per heavy atom. The molecule has 0 saturated carbocycles. The maximum absolute atomic E-state index is 11.5. The zero-order valence-electron chi connectivity index (χ0n) is 31.2. The molecule has 4 nitrogen and oxygen atoms in total. The first-order chi connectivity index (χ1) is 18.6. The largest absolute Gasteiger partial charge is 0.481 e. The van der Waals surface area contributed by atoms with Gasteiger partial charge < -0.3 is 10.2 Å². The lowest BCUT2D eigenvalue weighted by molar-refractivity contribution is -0.140. The van der Waals surface area contributed by atoms with E-state index in [-0.39, 0.29) is 12.8 Å². The van der Waals surface area contributed by atoms with E-state index in [0.717, 1.165) is 12.8 Å². The highest BCUT2D eigenvalue weighted by Gasteiger charge is 2.21. The number of carbonyl (C=O) groups is 2. The van der Waals surface area contributed by atoms with Gasteiger partial charge in [-0.05, 0) is 23.7 Å². The number of unbranched alkanes of at least 4 members (excludes halogenated alkanes) is 9. The van der Waals surface area contributed by atoms with Crippen molar-refractivity contribution < 1.29 is 41.7 Å². The number of hydrogen-bond donors (Lipinski definition) is 2. The van der Waals surface area contributed by atoms with Crippen LogP contribution in [-0.4, -0.2) is 22.2 Å². The summed E-state index contributed by atoms with van der Waals surface area (Å²) in [5, 5.41) is 18.6. The highest BCUT2D eigenvalue weighted by molar-refractivity contribution is 5.67. The Morgan fingerprint density at radius 2 is 0.923 bits per heavy atom. The van der Waals surface area contributed by atoms with E-state index in [9.17, 15) is 19.8 Å². The molecule has 0 rings (SSSR count). The van der Waals surface area contributed by atoms with E-state index in [0.29, 0.717) is 38.5 Å². The quantitative estimate of drug-likeness (QED) is 0.274. The summed E-state index contributed by atoms with van der Waals surface area (Å²) < 4.78 is 124. The van der Waals surface area contributed by atoms with E-state index < -0.39 is 75.8 Å². The van der Waals surface area contributed by atoms with Gasteiger partial charge in [-0.15, -0.1) is 0 Å². The number of carboxylic acids is 2. The summed E-state index contributed by atoms with van der Waals surface area (Å²) in [6.07, 6.45) is -3.84. The van der Waals surface area contributed by atoms with E-state index in [2.05, 4.69) is 0 Å². The van der Waals surface area contributed by atoms with Crippen LogP contribution in [0.25, 0.3) is 0 Å². The number of carboxylic acid groups (broad SMARTS) is 2. The molecular formula is C22H42O4. The second kappa shape index (κ2) is 13.2. The van der Waals surface area contributed by atoms with Crippen LogP contribution in [0.1, 0.15) is 139 Å². The predicted molar refractivity (Wildman–Crippen MR) is 107 cm³/mol. The minimum atomic E-state index is -3.52. The zero-order chi connectivity index (χ0) is 33.6. The summed E-state index contributed by atoms with van der Waals surface area (Å²) in [5.41, 5.74) is -6.17. The third kappa shape index (κ3) is 16.4. The van der Waals surface area contributed by atoms with E-state index in [1.807, 2.05) is 0 Å². The van der Waals surface area contributed by atoms with Crippen LogP contribution in [-0.2, 0) is 9.59 Å². The molecule has 0 heterocycles. The fraction of sp³-hybridized carbons (Fsp3) is 0.909. The summed E-state index contributed by atoms with van der Waals surface area (Å²) in [6, 6.07) is 0. The van der Waals surface area contributed by atoms with Crippen molar-refractivity contribution in [3.63, 3.8) is 0 Å². The summed E-state index contributed by atoms with van der Waals surface area (Å²) in [5.74, 6) is -4.31. The Hall–Kier alpha value is -1.06. The minimum Gasteiger partial charge on any atom is -0.481 e. The van der Waals surface area contributed by atoms with Crippen LogP contribution in [0.15, 0.2) is 0 Å². The molecule has 0 fully saturated rings. The Kier molecular flexibility index (Phi) is 4.54. The first-order valence-electron chi connectivity index (χ1n) is 17.1. The predicted octanol–water partition coefficient (Wildman–Crippen LogP) is 6.67. The topological polar surface area (TPSA) is 74.6 Å². The van der Waals surface area contributed by atoms with Gasteiger partial charge in [-0.25, -0.2) is 0 Å². The van der Waals surface area contributed by atoms with Crippen LogP contribution in [0.2, 0.25) is 0 Å². The summed E-state index contributed by atoms with van der Waals surface area (Å²) >= 11 is 0. The van der Waals surface area contributed by atoms with Gasteiger partial charge >= 0.3 is 11.9 Å². The standard InChI is InChI=1S/C22H42O4/c1-21(2,17-19(23)24)15-13-11-9-7-5-6-8-10-12-14-16-22(3,4)18-20(25)26/h5-18H2,1-4H3,(H,23,24)(H,25,26)/i1D3,2D3,3D3,4D3,17D2,18D2. The zero-order valence-corrected chi connectivity index (χ0v) is 15.2. The third-order valence-corrected chi connectivity index (χ3v) is 3.99. The first-order valence-corrected chi connectivity index (χ1v) is 9.06. The van der Waals surface area contributed by atoms with Gasteiger partial charge in [0, 0.05) is 21.9 Å². The summed E-state index contributed by atoms with van der Waals surface area (Å²) in [4.78, 5) is 23.0. The Bertz CT molecular complexity index is 787. The molecule has 154 valence electrons. The second-order valence-electron chi connectivity index (χ2n) is 6.71. The SMILES string of the molecule is [2H]C([2H])([2H])C(CCCCCCCCCCCCC(C([2H])([2H])[2H])(C([2H])([2H])[2H])C([2H])([2H])C(=O)O)(C([2H])([2H])[2H])C([2H])([2H])C(=O)O. The molecule has 0 aliphatic rings. The van der Waals surface area contributed by atoms with Gasteiger partial charge in [-0.3, -0.25) is 9.59 Å². The first kappa shape index (κ1) is 8.96. The van der Waals surface area contributed by atoms with Gasteiger partial charge in [0.15, 0.2) is 0 Å². The molecule has 0 unspecified atom stereocenters. The van der Waals surface area contributed by atoms with Crippen LogP contribution in [0.5, 0.6) is 0 Å². The smallest absolute Gasteiger partial charge is 0.303 e. The average Bonchev–Trinajstić information content (AvgIpc) is 2.75. The molecule has 4 heteroatoms. The summed E-state index contributed by atoms with van der Waals surface area (Å²) in [7, 11) is 0. The summed E-state index contributed by atoms with van der Waals surface area (Å²) in [6.45, 7) is -13.6. The number of hydrogen-bond acceptors (Lipinski definition) is 2. The Morgan fingerprint density at radius 1 is 0.654 bits per heavy atom. The van der Waals surface area contributed by atoms with Crippen molar-refractivity contribution in [2.45, 2.75) is 117 Å². The molecule has 0 radical (unpaired) electrons. The van der Waals surface area contributed by atoms with Crippen molar-refractivity contribution >= 4 is 11.9 Å². The lowest BCUT2D eigenvalue weighted by Crippen LogP contribution is -2.16. The van der Waals surface area contributed by atoms with Gasteiger partial charge in [0.1, 0.15) is 0 Å². The second-order valence-corrected chi connectivity index (χ2v) is 6.71. The minimum absolute atomic E-state index is 0.0118.